The number of ketones is 1. The number of fused-ring (bicyclic) bond motifs is 1. The molecule has 0 radical (unpaired) electrons. The fourth-order valence-corrected chi connectivity index (χ4v) is 2.50. The number of esters is 1. The number of carbonyl (C=O) groups excluding carboxylic acids is 2. The van der Waals surface area contributed by atoms with Crippen LogP contribution in [0.1, 0.15) is 20.7 Å². The van der Waals surface area contributed by atoms with E-state index in [1.54, 1.807) is 6.07 Å². The predicted octanol–water partition coefficient (Wildman–Crippen LogP) is 3.90. The van der Waals surface area contributed by atoms with Gasteiger partial charge in [0, 0.05) is 5.56 Å². The first kappa shape index (κ1) is 16.5. The Morgan fingerprint density at radius 2 is 1.83 bits per heavy atom. The maximum atomic E-state index is 13.4. The molecule has 2 aromatic carbocycles. The first-order valence-corrected chi connectivity index (χ1v) is 7.46. The third-order valence-electron chi connectivity index (χ3n) is 3.26. The SMILES string of the molecule is O=C(COC(=O)c1cc(F)c(Cl)cc1Cl)c1ccc2c(c1)OCO2. The third kappa shape index (κ3) is 3.29. The monoisotopic (exact) mass is 370 g/mol. The van der Waals surface area contributed by atoms with E-state index in [9.17, 15) is 14.0 Å². The summed E-state index contributed by atoms with van der Waals surface area (Å²) in [5.41, 5.74) is 0.0810. The first-order chi connectivity index (χ1) is 11.5. The van der Waals surface area contributed by atoms with Gasteiger partial charge in [0.25, 0.3) is 0 Å². The molecular formula is C16H9Cl2FO5. The van der Waals surface area contributed by atoms with Crippen molar-refractivity contribution in [3.63, 3.8) is 0 Å². The Morgan fingerprint density at radius 1 is 1.08 bits per heavy atom. The molecule has 0 fully saturated rings. The van der Waals surface area contributed by atoms with Crippen molar-refractivity contribution < 1.29 is 28.2 Å². The molecule has 24 heavy (non-hydrogen) atoms. The van der Waals surface area contributed by atoms with Crippen molar-refractivity contribution in [1.82, 2.24) is 0 Å². The number of rotatable bonds is 4. The van der Waals surface area contributed by atoms with E-state index in [1.807, 2.05) is 0 Å². The van der Waals surface area contributed by atoms with E-state index in [1.165, 1.54) is 12.1 Å². The van der Waals surface area contributed by atoms with Gasteiger partial charge < -0.3 is 14.2 Å². The Bertz CT molecular complexity index is 837. The molecule has 0 N–H and O–H groups in total. The van der Waals surface area contributed by atoms with Gasteiger partial charge in [0.15, 0.2) is 23.9 Å². The molecule has 5 nitrogen and oxygen atoms in total. The zero-order valence-corrected chi connectivity index (χ0v) is 13.5. The Hall–Kier alpha value is -2.31. The van der Waals surface area contributed by atoms with Gasteiger partial charge in [0.2, 0.25) is 6.79 Å². The van der Waals surface area contributed by atoms with Gasteiger partial charge in [-0.2, -0.15) is 0 Å². The topological polar surface area (TPSA) is 61.8 Å². The van der Waals surface area contributed by atoms with Crippen molar-refractivity contribution in [3.05, 3.63) is 57.3 Å². The van der Waals surface area contributed by atoms with Crippen molar-refractivity contribution in [2.45, 2.75) is 0 Å². The van der Waals surface area contributed by atoms with Crippen LogP contribution < -0.4 is 9.47 Å². The summed E-state index contributed by atoms with van der Waals surface area (Å²) in [7, 11) is 0. The molecule has 124 valence electrons. The number of ether oxygens (including phenoxy) is 3. The fourth-order valence-electron chi connectivity index (χ4n) is 2.04. The summed E-state index contributed by atoms with van der Waals surface area (Å²) in [5, 5.41) is -0.282. The fraction of sp³-hybridized carbons (Fsp3) is 0.125. The van der Waals surface area contributed by atoms with Crippen molar-refractivity contribution in [2.75, 3.05) is 13.4 Å². The molecule has 0 atom stereocenters. The molecule has 8 heteroatoms. The Kier molecular flexibility index (Phi) is 4.59. The maximum absolute atomic E-state index is 13.4. The summed E-state index contributed by atoms with van der Waals surface area (Å²) in [6.45, 7) is -0.443. The highest BCUT2D eigenvalue weighted by Gasteiger charge is 2.19. The molecule has 0 aromatic heterocycles. The lowest BCUT2D eigenvalue weighted by atomic mass is 10.1. The molecule has 0 unspecified atom stereocenters. The van der Waals surface area contributed by atoms with Crippen molar-refractivity contribution >= 4 is 35.0 Å². The quantitative estimate of drug-likeness (QED) is 0.464. The maximum Gasteiger partial charge on any atom is 0.340 e. The van der Waals surface area contributed by atoms with E-state index in [-0.39, 0.29) is 22.4 Å². The smallest absolute Gasteiger partial charge is 0.340 e. The Morgan fingerprint density at radius 3 is 2.62 bits per heavy atom. The summed E-state index contributed by atoms with van der Waals surface area (Å²) in [6.07, 6.45) is 0. The largest absolute Gasteiger partial charge is 0.454 e. The second kappa shape index (κ2) is 6.67. The summed E-state index contributed by atoms with van der Waals surface area (Å²) in [4.78, 5) is 24.0. The van der Waals surface area contributed by atoms with Crippen LogP contribution in [0.5, 0.6) is 11.5 Å². The summed E-state index contributed by atoms with van der Waals surface area (Å²) < 4.78 is 28.6. The normalized spacial score (nSPS) is 12.1. The number of halogens is 3. The van der Waals surface area contributed by atoms with Crippen molar-refractivity contribution in [1.29, 1.82) is 0 Å². The van der Waals surface area contributed by atoms with Gasteiger partial charge in [0.05, 0.1) is 15.6 Å². The third-order valence-corrected chi connectivity index (χ3v) is 3.86. The van der Waals surface area contributed by atoms with Gasteiger partial charge in [-0.15, -0.1) is 0 Å². The molecule has 1 aliphatic heterocycles. The highest BCUT2D eigenvalue weighted by molar-refractivity contribution is 6.36. The van der Waals surface area contributed by atoms with E-state index < -0.39 is 24.2 Å². The molecule has 3 rings (SSSR count). The molecule has 1 heterocycles. The van der Waals surface area contributed by atoms with Crippen LogP contribution in [0.4, 0.5) is 4.39 Å². The van der Waals surface area contributed by atoms with Gasteiger partial charge >= 0.3 is 5.97 Å². The minimum Gasteiger partial charge on any atom is -0.454 e. The molecule has 0 saturated carbocycles. The molecule has 0 aliphatic carbocycles. The number of Topliss-reactive ketones (excluding diaryl/α,β-unsaturated/α-hetero) is 1. The van der Waals surface area contributed by atoms with Crippen LogP contribution in [0, 0.1) is 5.82 Å². The summed E-state index contributed by atoms with van der Waals surface area (Å²) >= 11 is 11.4. The second-order valence-electron chi connectivity index (χ2n) is 4.81. The van der Waals surface area contributed by atoms with Crippen LogP contribution in [-0.2, 0) is 4.74 Å². The number of hydrogen-bond donors (Lipinski definition) is 0. The average molecular weight is 371 g/mol. The molecule has 0 spiro atoms. The standard InChI is InChI=1S/C16H9Cl2FO5/c17-10-5-11(18)12(19)4-9(10)16(21)22-6-13(20)8-1-2-14-15(3-8)24-7-23-14/h1-5H,6-7H2. The van der Waals surface area contributed by atoms with E-state index in [0.29, 0.717) is 17.1 Å². The molecule has 1 aliphatic rings. The van der Waals surface area contributed by atoms with Crippen LogP contribution in [0.2, 0.25) is 10.0 Å². The summed E-state index contributed by atoms with van der Waals surface area (Å²) in [6, 6.07) is 6.56. The van der Waals surface area contributed by atoms with Crippen LogP contribution in [-0.4, -0.2) is 25.2 Å². The van der Waals surface area contributed by atoms with E-state index in [0.717, 1.165) is 12.1 Å². The van der Waals surface area contributed by atoms with Gasteiger partial charge in [-0.25, -0.2) is 9.18 Å². The molecule has 0 saturated heterocycles. The van der Waals surface area contributed by atoms with Crippen LogP contribution in [0.3, 0.4) is 0 Å². The second-order valence-corrected chi connectivity index (χ2v) is 5.63. The number of hydrogen-bond acceptors (Lipinski definition) is 5. The zero-order chi connectivity index (χ0) is 17.3. The minimum absolute atomic E-state index is 0.0677. The van der Waals surface area contributed by atoms with Gasteiger partial charge in [-0.05, 0) is 30.3 Å². The number of carbonyl (C=O) groups is 2. The van der Waals surface area contributed by atoms with Crippen molar-refractivity contribution in [3.8, 4) is 11.5 Å². The van der Waals surface area contributed by atoms with E-state index >= 15 is 0 Å². The first-order valence-electron chi connectivity index (χ1n) is 6.70. The van der Waals surface area contributed by atoms with Gasteiger partial charge in [-0.3, -0.25) is 4.79 Å². The number of benzene rings is 2. The lowest BCUT2D eigenvalue weighted by Gasteiger charge is -2.07. The average Bonchev–Trinajstić information content (AvgIpc) is 3.03. The lowest BCUT2D eigenvalue weighted by molar-refractivity contribution is 0.0474. The molecule has 0 amide bonds. The van der Waals surface area contributed by atoms with Crippen LogP contribution >= 0.6 is 23.2 Å². The van der Waals surface area contributed by atoms with Crippen LogP contribution in [0.15, 0.2) is 30.3 Å². The Balaban J connectivity index is 1.68. The zero-order valence-electron chi connectivity index (χ0n) is 12.0. The van der Waals surface area contributed by atoms with Crippen molar-refractivity contribution in [2.24, 2.45) is 0 Å². The summed E-state index contributed by atoms with van der Waals surface area (Å²) in [5.74, 6) is -1.21. The van der Waals surface area contributed by atoms with E-state index in [4.69, 9.17) is 37.4 Å². The molecule has 2 aromatic rings. The van der Waals surface area contributed by atoms with Gasteiger partial charge in [0.1, 0.15) is 5.82 Å². The van der Waals surface area contributed by atoms with Gasteiger partial charge in [-0.1, -0.05) is 23.2 Å². The minimum atomic E-state index is -0.926. The predicted molar refractivity (Wildman–Crippen MR) is 83.6 cm³/mol. The highest BCUT2D eigenvalue weighted by Crippen LogP contribution is 2.32. The van der Waals surface area contributed by atoms with Crippen LogP contribution in [0.25, 0.3) is 0 Å². The lowest BCUT2D eigenvalue weighted by Crippen LogP contribution is -2.15. The molecular weight excluding hydrogens is 362 g/mol. The highest BCUT2D eigenvalue weighted by atomic mass is 35.5. The Labute approximate surface area is 145 Å². The molecule has 0 bridgehead atoms. The van der Waals surface area contributed by atoms with E-state index in [2.05, 4.69) is 0 Å².